The van der Waals surface area contributed by atoms with Gasteiger partial charge in [0.05, 0.1) is 6.04 Å². The number of alkyl carbamates (subject to hydrolysis) is 1. The summed E-state index contributed by atoms with van der Waals surface area (Å²) in [5.41, 5.74) is 2.00. The van der Waals surface area contributed by atoms with Crippen molar-refractivity contribution in [3.63, 3.8) is 0 Å². The van der Waals surface area contributed by atoms with Crippen LogP contribution in [0.3, 0.4) is 0 Å². The summed E-state index contributed by atoms with van der Waals surface area (Å²) in [6, 6.07) is 8.50. The number of benzene rings is 1. The van der Waals surface area contributed by atoms with Crippen LogP contribution in [0.5, 0.6) is 0 Å². The largest absolute Gasteiger partial charge is 0.444 e. The van der Waals surface area contributed by atoms with Gasteiger partial charge in [-0.25, -0.2) is 4.79 Å². The van der Waals surface area contributed by atoms with Crippen molar-refractivity contribution >= 4 is 23.8 Å². The average molecular weight is 434 g/mol. The molecule has 0 unspecified atom stereocenters. The van der Waals surface area contributed by atoms with Crippen molar-refractivity contribution in [1.29, 1.82) is 0 Å². The lowest BCUT2D eigenvalue weighted by Gasteiger charge is -2.36. The Morgan fingerprint density at radius 2 is 1.97 bits per heavy atom. The Kier molecular flexibility index (Phi) is 7.69. The molecule has 3 rings (SSSR count). The number of likely N-dealkylation sites (tertiary alicyclic amines) is 1. The van der Waals surface area contributed by atoms with Crippen LogP contribution in [-0.2, 0) is 16.1 Å². The molecule has 0 spiro atoms. The van der Waals surface area contributed by atoms with E-state index < -0.39 is 5.60 Å². The highest BCUT2D eigenvalue weighted by molar-refractivity contribution is 7.99. The number of amides is 2. The highest BCUT2D eigenvalue weighted by atomic mass is 32.2. The van der Waals surface area contributed by atoms with Gasteiger partial charge in [0.2, 0.25) is 5.91 Å². The Morgan fingerprint density at radius 1 is 1.23 bits per heavy atom. The van der Waals surface area contributed by atoms with E-state index >= 15 is 0 Å². The number of carbonyl (C=O) groups excluding carboxylic acids is 2. The van der Waals surface area contributed by atoms with E-state index in [-0.39, 0.29) is 24.0 Å². The van der Waals surface area contributed by atoms with Crippen LogP contribution in [0.2, 0.25) is 0 Å². The molecule has 0 bridgehead atoms. The maximum Gasteiger partial charge on any atom is 0.407 e. The van der Waals surface area contributed by atoms with E-state index in [1.54, 1.807) is 0 Å². The fourth-order valence-electron chi connectivity index (χ4n) is 3.97. The maximum absolute atomic E-state index is 13.3. The van der Waals surface area contributed by atoms with E-state index in [4.69, 9.17) is 4.74 Å². The topological polar surface area (TPSA) is 61.9 Å². The molecule has 6 nitrogen and oxygen atoms in total. The summed E-state index contributed by atoms with van der Waals surface area (Å²) >= 11 is 1.83. The van der Waals surface area contributed by atoms with Crippen LogP contribution >= 0.6 is 11.8 Å². The van der Waals surface area contributed by atoms with Crippen LogP contribution < -0.4 is 5.32 Å². The minimum Gasteiger partial charge on any atom is -0.444 e. The smallest absolute Gasteiger partial charge is 0.407 e. The van der Waals surface area contributed by atoms with Crippen molar-refractivity contribution in [2.24, 2.45) is 5.92 Å². The number of hydrogen-bond donors (Lipinski definition) is 1. The van der Waals surface area contributed by atoms with Crippen LogP contribution in [0.1, 0.15) is 44.7 Å². The Bertz CT molecular complexity index is 732. The maximum atomic E-state index is 13.3. The molecule has 2 atom stereocenters. The van der Waals surface area contributed by atoms with Gasteiger partial charge in [-0.2, -0.15) is 0 Å². The molecule has 0 aromatic heterocycles. The molecule has 0 saturated carbocycles. The highest BCUT2D eigenvalue weighted by Crippen LogP contribution is 2.26. The van der Waals surface area contributed by atoms with Crippen molar-refractivity contribution in [3.8, 4) is 0 Å². The third kappa shape index (κ3) is 6.64. The van der Waals surface area contributed by atoms with E-state index in [1.165, 1.54) is 11.1 Å². The molecule has 2 aliphatic heterocycles. The zero-order valence-corrected chi connectivity index (χ0v) is 19.5. The Balaban J connectivity index is 1.52. The summed E-state index contributed by atoms with van der Waals surface area (Å²) in [6.45, 7) is 10.5. The molecule has 2 aliphatic rings. The molecule has 1 aromatic rings. The van der Waals surface area contributed by atoms with Crippen molar-refractivity contribution < 1.29 is 14.3 Å². The van der Waals surface area contributed by atoms with Gasteiger partial charge in [-0.3, -0.25) is 9.69 Å². The zero-order chi connectivity index (χ0) is 21.7. The van der Waals surface area contributed by atoms with Crippen molar-refractivity contribution in [1.82, 2.24) is 15.1 Å². The van der Waals surface area contributed by atoms with Crippen LogP contribution in [-0.4, -0.2) is 64.7 Å². The number of ether oxygens (including phenoxy) is 1. The fraction of sp³-hybridized carbons (Fsp3) is 0.652. The van der Waals surface area contributed by atoms with Crippen molar-refractivity contribution in [3.05, 3.63) is 35.4 Å². The first-order chi connectivity index (χ1) is 14.2. The van der Waals surface area contributed by atoms with Gasteiger partial charge < -0.3 is 15.0 Å². The van der Waals surface area contributed by atoms with Crippen LogP contribution in [0.15, 0.2) is 24.3 Å². The summed E-state index contributed by atoms with van der Waals surface area (Å²) in [7, 11) is 0. The first-order valence-corrected chi connectivity index (χ1v) is 12.0. The third-order valence-electron chi connectivity index (χ3n) is 5.53. The second-order valence-corrected chi connectivity index (χ2v) is 10.4. The molecule has 2 saturated heterocycles. The minimum absolute atomic E-state index is 0.0612. The number of aryl methyl sites for hydroxylation is 1. The van der Waals surface area contributed by atoms with Gasteiger partial charge in [-0.05, 0) is 52.0 Å². The summed E-state index contributed by atoms with van der Waals surface area (Å²) in [5, 5.41) is 2.87. The number of thioether (sulfide) groups is 1. The Labute approximate surface area is 184 Å². The average Bonchev–Trinajstić information content (AvgIpc) is 3.14. The van der Waals surface area contributed by atoms with Crippen LogP contribution in [0, 0.1) is 12.8 Å². The second kappa shape index (κ2) is 10.1. The number of nitrogens with one attached hydrogen (secondary N) is 1. The van der Waals surface area contributed by atoms with Gasteiger partial charge in [0.25, 0.3) is 0 Å². The SMILES string of the molecule is Cc1ccc(CN2CSC[C@H]2C(=O)N2CCC[C@H](CNC(=O)OC(C)(C)C)C2)cc1. The Hall–Kier alpha value is -1.73. The molecule has 2 fully saturated rings. The van der Waals surface area contributed by atoms with Gasteiger partial charge in [0.1, 0.15) is 5.60 Å². The van der Waals surface area contributed by atoms with Gasteiger partial charge in [-0.1, -0.05) is 29.8 Å². The molecule has 0 radical (unpaired) electrons. The molecule has 1 N–H and O–H groups in total. The predicted octanol–water partition coefficient (Wildman–Crippen LogP) is 3.63. The first-order valence-electron chi connectivity index (χ1n) is 10.8. The normalized spacial score (nSPS) is 22.7. The van der Waals surface area contributed by atoms with Crippen molar-refractivity contribution in [2.75, 3.05) is 31.3 Å². The number of rotatable bonds is 5. The first kappa shape index (κ1) is 22.9. The summed E-state index contributed by atoms with van der Waals surface area (Å²) in [5.74, 6) is 2.24. The third-order valence-corrected chi connectivity index (χ3v) is 6.60. The molecular formula is C23H35N3O3S. The zero-order valence-electron chi connectivity index (χ0n) is 18.6. The molecule has 2 amide bonds. The lowest BCUT2D eigenvalue weighted by molar-refractivity contribution is -0.137. The van der Waals surface area contributed by atoms with Crippen molar-refractivity contribution in [2.45, 2.75) is 58.7 Å². The van der Waals surface area contributed by atoms with E-state index in [0.29, 0.717) is 13.1 Å². The van der Waals surface area contributed by atoms with Crippen LogP contribution in [0.4, 0.5) is 4.79 Å². The van der Waals surface area contributed by atoms with E-state index in [9.17, 15) is 9.59 Å². The lowest BCUT2D eigenvalue weighted by Crippen LogP contribution is -2.51. The summed E-state index contributed by atoms with van der Waals surface area (Å²) in [6.07, 6.45) is 1.61. The highest BCUT2D eigenvalue weighted by Gasteiger charge is 2.36. The second-order valence-electron chi connectivity index (χ2n) is 9.42. The number of nitrogens with zero attached hydrogens (tertiary/aromatic N) is 2. The summed E-state index contributed by atoms with van der Waals surface area (Å²) in [4.78, 5) is 29.5. The lowest BCUT2D eigenvalue weighted by atomic mass is 9.97. The molecule has 1 aromatic carbocycles. The van der Waals surface area contributed by atoms with E-state index in [1.807, 2.05) is 37.4 Å². The molecule has 7 heteroatoms. The van der Waals surface area contributed by atoms with Gasteiger partial charge in [-0.15, -0.1) is 11.8 Å². The molecule has 0 aliphatic carbocycles. The van der Waals surface area contributed by atoms with Gasteiger partial charge in [0, 0.05) is 37.8 Å². The van der Waals surface area contributed by atoms with Crippen LogP contribution in [0.25, 0.3) is 0 Å². The molecule has 166 valence electrons. The number of hydrogen-bond acceptors (Lipinski definition) is 5. The quantitative estimate of drug-likeness (QED) is 0.768. The standard InChI is InChI=1S/C23H35N3O3S/c1-17-7-9-18(10-8-17)13-26-16-30-15-20(26)21(27)25-11-5-6-19(14-25)12-24-22(28)29-23(2,3)4/h7-10,19-20H,5-6,11-16H2,1-4H3,(H,24,28)/t19-,20+/m1/s1. The Morgan fingerprint density at radius 3 is 2.67 bits per heavy atom. The van der Waals surface area contributed by atoms with E-state index in [2.05, 4.69) is 41.4 Å². The van der Waals surface area contributed by atoms with Gasteiger partial charge in [0.15, 0.2) is 0 Å². The number of carbonyl (C=O) groups is 2. The fourth-order valence-corrected chi connectivity index (χ4v) is 5.16. The molecule has 30 heavy (non-hydrogen) atoms. The predicted molar refractivity (Wildman–Crippen MR) is 121 cm³/mol. The van der Waals surface area contributed by atoms with Gasteiger partial charge >= 0.3 is 6.09 Å². The number of piperidine rings is 1. The molecule has 2 heterocycles. The summed E-state index contributed by atoms with van der Waals surface area (Å²) < 4.78 is 5.32. The van der Waals surface area contributed by atoms with E-state index in [0.717, 1.165) is 37.6 Å². The monoisotopic (exact) mass is 433 g/mol. The molecular weight excluding hydrogens is 398 g/mol. The minimum atomic E-state index is -0.500.